The fraction of sp³-hybridized carbons (Fsp3) is 0.591. The van der Waals surface area contributed by atoms with Gasteiger partial charge in [0.15, 0.2) is 0 Å². The predicted molar refractivity (Wildman–Crippen MR) is 110 cm³/mol. The summed E-state index contributed by atoms with van der Waals surface area (Å²) >= 11 is 0. The zero-order chi connectivity index (χ0) is 21.9. The summed E-state index contributed by atoms with van der Waals surface area (Å²) in [5, 5.41) is 5.29. The zero-order valence-electron chi connectivity index (χ0n) is 17.8. The molecule has 0 saturated carbocycles. The van der Waals surface area contributed by atoms with Gasteiger partial charge in [-0.1, -0.05) is 6.07 Å². The standard InChI is InChI=1S/C22H30FN3O4/c1-22(2,3)30-20(28)13-26-10-8-14(9-11-26)16-5-4-15(12-17(16)23)24-18-6-7-19(27)25-21(18)29/h4-5,12,14,18,24H,6-11,13H2,1-3H3,(H,25,27,29)/t18-/m1/s1. The highest BCUT2D eigenvalue weighted by atomic mass is 19.1. The van der Waals surface area contributed by atoms with E-state index >= 15 is 0 Å². The number of carbonyl (C=O) groups is 3. The largest absolute Gasteiger partial charge is 0.459 e. The van der Waals surface area contributed by atoms with E-state index in [0.717, 1.165) is 12.8 Å². The van der Waals surface area contributed by atoms with Crippen molar-refractivity contribution in [1.29, 1.82) is 0 Å². The first-order chi connectivity index (χ1) is 14.1. The van der Waals surface area contributed by atoms with Crippen molar-refractivity contribution in [3.63, 3.8) is 0 Å². The molecule has 2 aliphatic rings. The van der Waals surface area contributed by atoms with Crippen LogP contribution < -0.4 is 10.6 Å². The Hall–Kier alpha value is -2.48. The van der Waals surface area contributed by atoms with E-state index in [4.69, 9.17) is 4.74 Å². The summed E-state index contributed by atoms with van der Waals surface area (Å²) in [6.45, 7) is 7.20. The highest BCUT2D eigenvalue weighted by Gasteiger charge is 2.28. The molecule has 2 fully saturated rings. The monoisotopic (exact) mass is 419 g/mol. The second-order valence-electron chi connectivity index (χ2n) is 9.02. The minimum absolute atomic E-state index is 0.0875. The van der Waals surface area contributed by atoms with E-state index in [-0.39, 0.29) is 42.5 Å². The number of imide groups is 1. The number of piperidine rings is 2. The lowest BCUT2D eigenvalue weighted by Crippen LogP contribution is -2.47. The Morgan fingerprint density at radius 3 is 2.53 bits per heavy atom. The number of esters is 1. The third kappa shape index (κ3) is 6.01. The van der Waals surface area contributed by atoms with Gasteiger partial charge in [0.2, 0.25) is 11.8 Å². The molecule has 2 heterocycles. The molecule has 0 radical (unpaired) electrons. The third-order valence-corrected chi connectivity index (χ3v) is 5.38. The summed E-state index contributed by atoms with van der Waals surface area (Å²) in [7, 11) is 0. The first-order valence-electron chi connectivity index (χ1n) is 10.4. The maximum absolute atomic E-state index is 14.8. The Bertz CT molecular complexity index is 813. The van der Waals surface area contributed by atoms with Gasteiger partial charge in [0.05, 0.1) is 6.54 Å². The summed E-state index contributed by atoms with van der Waals surface area (Å²) in [6.07, 6.45) is 2.19. The number of anilines is 1. The molecule has 1 aromatic carbocycles. The quantitative estimate of drug-likeness (QED) is 0.563. The number of ether oxygens (including phenoxy) is 1. The van der Waals surface area contributed by atoms with Crippen LogP contribution in [0, 0.1) is 5.82 Å². The van der Waals surface area contributed by atoms with Crippen molar-refractivity contribution in [2.24, 2.45) is 0 Å². The Morgan fingerprint density at radius 2 is 1.93 bits per heavy atom. The molecule has 2 N–H and O–H groups in total. The Balaban J connectivity index is 1.53. The van der Waals surface area contributed by atoms with E-state index in [1.807, 2.05) is 25.7 Å². The molecule has 30 heavy (non-hydrogen) atoms. The molecule has 0 bridgehead atoms. The number of nitrogens with one attached hydrogen (secondary N) is 2. The number of amides is 2. The lowest BCUT2D eigenvalue weighted by molar-refractivity contribution is -0.156. The zero-order valence-corrected chi connectivity index (χ0v) is 17.8. The minimum atomic E-state index is -0.538. The summed E-state index contributed by atoms with van der Waals surface area (Å²) in [5.74, 6) is -1.12. The predicted octanol–water partition coefficient (Wildman–Crippen LogP) is 2.56. The van der Waals surface area contributed by atoms with Gasteiger partial charge in [-0.25, -0.2) is 4.39 Å². The van der Waals surface area contributed by atoms with Gasteiger partial charge in [-0.05, 0) is 76.7 Å². The number of nitrogens with zero attached hydrogens (tertiary/aromatic N) is 1. The van der Waals surface area contributed by atoms with Crippen LogP contribution >= 0.6 is 0 Å². The van der Waals surface area contributed by atoms with Crippen LogP contribution in [0.1, 0.15) is 57.9 Å². The third-order valence-electron chi connectivity index (χ3n) is 5.38. The Labute approximate surface area is 176 Å². The van der Waals surface area contributed by atoms with Crippen LogP contribution in [0.3, 0.4) is 0 Å². The van der Waals surface area contributed by atoms with Gasteiger partial charge in [0, 0.05) is 12.1 Å². The van der Waals surface area contributed by atoms with Crippen LogP contribution in [0.4, 0.5) is 10.1 Å². The summed E-state index contributed by atoms with van der Waals surface area (Å²) in [5.41, 5.74) is 0.677. The molecular weight excluding hydrogens is 389 g/mol. The van der Waals surface area contributed by atoms with Gasteiger partial charge in [-0.15, -0.1) is 0 Å². The second kappa shape index (κ2) is 9.12. The van der Waals surface area contributed by atoms with E-state index in [1.54, 1.807) is 12.1 Å². The summed E-state index contributed by atoms with van der Waals surface area (Å²) in [4.78, 5) is 37.1. The molecule has 1 atom stereocenters. The minimum Gasteiger partial charge on any atom is -0.459 e. The van der Waals surface area contributed by atoms with Crippen molar-refractivity contribution in [3.8, 4) is 0 Å². The maximum atomic E-state index is 14.8. The fourth-order valence-corrected chi connectivity index (χ4v) is 3.94. The Kier molecular flexibility index (Phi) is 6.75. The summed E-state index contributed by atoms with van der Waals surface area (Å²) in [6, 6.07) is 4.41. The Morgan fingerprint density at radius 1 is 1.23 bits per heavy atom. The van der Waals surface area contributed by atoms with Crippen molar-refractivity contribution in [3.05, 3.63) is 29.6 Å². The van der Waals surface area contributed by atoms with Crippen molar-refractivity contribution < 1.29 is 23.5 Å². The average Bonchev–Trinajstić information content (AvgIpc) is 2.63. The number of halogens is 1. The highest BCUT2D eigenvalue weighted by molar-refractivity contribution is 6.01. The second-order valence-corrected chi connectivity index (χ2v) is 9.02. The SMILES string of the molecule is CC(C)(C)OC(=O)CN1CCC(c2ccc(N[C@@H]3CCC(=O)NC3=O)cc2F)CC1. The molecule has 8 heteroatoms. The molecule has 2 saturated heterocycles. The van der Waals surface area contributed by atoms with Gasteiger partial charge in [-0.2, -0.15) is 0 Å². The van der Waals surface area contributed by atoms with Crippen molar-refractivity contribution >= 4 is 23.5 Å². The van der Waals surface area contributed by atoms with E-state index in [1.165, 1.54) is 6.07 Å². The summed E-state index contributed by atoms with van der Waals surface area (Å²) < 4.78 is 20.1. The number of carbonyl (C=O) groups excluding carboxylic acids is 3. The first kappa shape index (κ1) is 22.2. The molecule has 2 aliphatic heterocycles. The molecule has 164 valence electrons. The molecule has 1 aromatic rings. The molecule has 0 spiro atoms. The van der Waals surface area contributed by atoms with Crippen LogP contribution in [0.5, 0.6) is 0 Å². The van der Waals surface area contributed by atoms with Crippen molar-refractivity contribution in [1.82, 2.24) is 10.2 Å². The normalized spacial score (nSPS) is 21.3. The maximum Gasteiger partial charge on any atom is 0.320 e. The molecular formula is C22H30FN3O4. The highest BCUT2D eigenvalue weighted by Crippen LogP contribution is 2.31. The van der Waals surface area contributed by atoms with E-state index in [2.05, 4.69) is 10.6 Å². The number of hydrogen-bond donors (Lipinski definition) is 2. The van der Waals surface area contributed by atoms with E-state index in [0.29, 0.717) is 30.8 Å². The van der Waals surface area contributed by atoms with E-state index in [9.17, 15) is 18.8 Å². The molecule has 3 rings (SSSR count). The number of benzene rings is 1. The van der Waals surface area contributed by atoms with Gasteiger partial charge in [0.25, 0.3) is 0 Å². The van der Waals surface area contributed by atoms with Gasteiger partial charge in [-0.3, -0.25) is 24.6 Å². The van der Waals surface area contributed by atoms with Gasteiger partial charge < -0.3 is 10.1 Å². The number of hydrogen-bond acceptors (Lipinski definition) is 6. The van der Waals surface area contributed by atoms with Crippen LogP contribution in [0.25, 0.3) is 0 Å². The average molecular weight is 419 g/mol. The lowest BCUT2D eigenvalue weighted by Gasteiger charge is -2.32. The van der Waals surface area contributed by atoms with Crippen molar-refractivity contribution in [2.45, 2.75) is 64.0 Å². The van der Waals surface area contributed by atoms with Crippen LogP contribution in [-0.2, 0) is 19.1 Å². The molecule has 0 aliphatic carbocycles. The van der Waals surface area contributed by atoms with Crippen molar-refractivity contribution in [2.75, 3.05) is 25.0 Å². The van der Waals surface area contributed by atoms with Gasteiger partial charge in [0.1, 0.15) is 17.5 Å². The first-order valence-corrected chi connectivity index (χ1v) is 10.4. The topological polar surface area (TPSA) is 87.7 Å². The molecule has 0 unspecified atom stereocenters. The van der Waals surface area contributed by atoms with Crippen LogP contribution in [0.2, 0.25) is 0 Å². The van der Waals surface area contributed by atoms with Crippen LogP contribution in [-0.4, -0.2) is 54.0 Å². The lowest BCUT2D eigenvalue weighted by atomic mass is 9.89. The smallest absolute Gasteiger partial charge is 0.320 e. The van der Waals surface area contributed by atoms with Crippen LogP contribution in [0.15, 0.2) is 18.2 Å². The molecule has 2 amide bonds. The molecule has 0 aromatic heterocycles. The number of likely N-dealkylation sites (tertiary alicyclic amines) is 1. The van der Waals surface area contributed by atoms with Gasteiger partial charge >= 0.3 is 5.97 Å². The number of rotatable bonds is 5. The fourth-order valence-electron chi connectivity index (χ4n) is 3.94. The molecule has 7 nitrogen and oxygen atoms in total. The van der Waals surface area contributed by atoms with E-state index < -0.39 is 11.6 Å².